The second-order valence-electron chi connectivity index (χ2n) is 7.52. The number of aliphatic hydroxyl groups excluding tert-OH is 1. The first-order valence-electron chi connectivity index (χ1n) is 10.4. The van der Waals surface area contributed by atoms with Crippen LogP contribution < -0.4 is 15.4 Å². The lowest BCUT2D eigenvalue weighted by atomic mass is 10.1. The third kappa shape index (κ3) is 4.01. The van der Waals surface area contributed by atoms with Crippen LogP contribution in [0.3, 0.4) is 0 Å². The Morgan fingerprint density at radius 1 is 1.00 bits per heavy atom. The molecule has 2 amide bonds. The zero-order valence-corrected chi connectivity index (χ0v) is 19.0. The summed E-state index contributed by atoms with van der Waals surface area (Å²) < 4.78 is 32.6. The van der Waals surface area contributed by atoms with Gasteiger partial charge in [0.25, 0.3) is 5.91 Å². The molecule has 1 aliphatic heterocycles. The Kier molecular flexibility index (Phi) is 6.12. The lowest BCUT2D eigenvalue weighted by Crippen LogP contribution is -2.31. The number of carbonyl (C=O) groups excluding carboxylic acids is 2. The summed E-state index contributed by atoms with van der Waals surface area (Å²) in [5, 5.41) is 10.8. The van der Waals surface area contributed by atoms with Crippen molar-refractivity contribution in [2.75, 3.05) is 11.5 Å². The smallest absolute Gasteiger partial charge is 0.295 e. The number of primary amides is 1. The lowest BCUT2D eigenvalue weighted by Gasteiger charge is -2.27. The highest BCUT2D eigenvalue weighted by Crippen LogP contribution is 2.45. The van der Waals surface area contributed by atoms with Crippen LogP contribution in [-0.2, 0) is 14.6 Å². The minimum Gasteiger partial charge on any atom is -0.502 e. The van der Waals surface area contributed by atoms with E-state index in [1.165, 1.54) is 41.3 Å². The first-order valence-corrected chi connectivity index (χ1v) is 11.9. The number of aliphatic hydroxyl groups is 1. The molecule has 4 rings (SSSR count). The number of anilines is 1. The van der Waals surface area contributed by atoms with Crippen molar-refractivity contribution in [2.24, 2.45) is 5.73 Å². The molecule has 0 fully saturated rings. The van der Waals surface area contributed by atoms with Crippen molar-refractivity contribution < 1.29 is 27.9 Å². The molecule has 0 unspecified atom stereocenters. The molecule has 174 valence electrons. The van der Waals surface area contributed by atoms with Crippen LogP contribution in [0.1, 0.15) is 28.9 Å². The van der Waals surface area contributed by atoms with Crippen LogP contribution in [0.15, 0.2) is 94.4 Å². The summed E-state index contributed by atoms with van der Waals surface area (Å²) >= 11 is 0. The van der Waals surface area contributed by atoms with Crippen molar-refractivity contribution in [2.45, 2.75) is 17.9 Å². The van der Waals surface area contributed by atoms with Crippen molar-refractivity contribution in [3.63, 3.8) is 0 Å². The van der Waals surface area contributed by atoms with E-state index in [-0.39, 0.29) is 10.5 Å². The van der Waals surface area contributed by atoms with Gasteiger partial charge in [-0.1, -0.05) is 30.3 Å². The van der Waals surface area contributed by atoms with E-state index in [1.807, 2.05) is 6.92 Å². The normalized spacial score (nSPS) is 16.1. The van der Waals surface area contributed by atoms with Crippen LogP contribution in [0.5, 0.6) is 5.75 Å². The minimum absolute atomic E-state index is 0.0498. The fourth-order valence-corrected chi connectivity index (χ4v) is 5.50. The van der Waals surface area contributed by atoms with Gasteiger partial charge in [0.05, 0.1) is 11.5 Å². The number of amides is 2. The second kappa shape index (κ2) is 9.03. The average Bonchev–Trinajstić information content (AvgIpc) is 3.11. The van der Waals surface area contributed by atoms with Gasteiger partial charge >= 0.3 is 0 Å². The maximum atomic E-state index is 13.6. The number of carbonyl (C=O) groups is 2. The molecule has 1 heterocycles. The van der Waals surface area contributed by atoms with Crippen LogP contribution in [0.2, 0.25) is 0 Å². The van der Waals surface area contributed by atoms with Gasteiger partial charge in [0.15, 0.2) is 5.76 Å². The first-order chi connectivity index (χ1) is 16.3. The molecule has 3 aromatic rings. The molecule has 34 heavy (non-hydrogen) atoms. The van der Waals surface area contributed by atoms with Crippen molar-refractivity contribution >= 4 is 27.3 Å². The van der Waals surface area contributed by atoms with Crippen molar-refractivity contribution in [3.8, 4) is 5.75 Å². The zero-order chi connectivity index (χ0) is 24.5. The molecule has 3 aromatic carbocycles. The van der Waals surface area contributed by atoms with Crippen molar-refractivity contribution in [1.29, 1.82) is 0 Å². The second-order valence-corrected chi connectivity index (χ2v) is 9.44. The molecule has 0 saturated heterocycles. The van der Waals surface area contributed by atoms with Crippen molar-refractivity contribution in [3.05, 3.63) is 101 Å². The highest BCUT2D eigenvalue weighted by molar-refractivity contribution is 7.95. The SMILES string of the molecule is CCOc1ccc([C@@H]2C(S(=O)(=O)c3ccccc3)=C(O)C(=O)N2c2ccc(C(N)=O)cc2)cc1. The number of nitrogens with two attached hydrogens (primary N) is 1. The van der Waals surface area contributed by atoms with Crippen LogP contribution in [0.4, 0.5) is 5.69 Å². The summed E-state index contributed by atoms with van der Waals surface area (Å²) in [7, 11) is -4.24. The van der Waals surface area contributed by atoms with Gasteiger partial charge in [-0.05, 0) is 61.0 Å². The van der Waals surface area contributed by atoms with E-state index >= 15 is 0 Å². The van der Waals surface area contributed by atoms with Gasteiger partial charge in [0.2, 0.25) is 15.7 Å². The fourth-order valence-electron chi connectivity index (χ4n) is 3.85. The van der Waals surface area contributed by atoms with E-state index in [4.69, 9.17) is 10.5 Å². The molecule has 3 N–H and O–H groups in total. The number of rotatable bonds is 7. The predicted octanol–water partition coefficient (Wildman–Crippen LogP) is 3.52. The van der Waals surface area contributed by atoms with Gasteiger partial charge in [-0.3, -0.25) is 14.5 Å². The molecule has 9 heteroatoms. The maximum absolute atomic E-state index is 13.6. The standard InChI is InChI=1S/C25H22N2O6S/c1-2-33-19-14-10-16(11-15-19)21-23(34(31,32)20-6-4-3-5-7-20)22(28)25(30)27(21)18-12-8-17(9-13-18)24(26)29/h3-15,21,28H,2H2,1H3,(H2,26,29)/t21-/m1/s1. The van der Waals surface area contributed by atoms with Gasteiger partial charge in [0, 0.05) is 11.3 Å². The number of benzene rings is 3. The van der Waals surface area contributed by atoms with Crippen LogP contribution in [-0.4, -0.2) is 31.9 Å². The summed E-state index contributed by atoms with van der Waals surface area (Å²) in [5.74, 6) is -1.80. The average molecular weight is 479 g/mol. The molecular weight excluding hydrogens is 456 g/mol. The van der Waals surface area contributed by atoms with E-state index < -0.39 is 38.4 Å². The van der Waals surface area contributed by atoms with Crippen LogP contribution >= 0.6 is 0 Å². The Hall–Kier alpha value is -4.11. The summed E-state index contributed by atoms with van der Waals surface area (Å²) in [6, 6.07) is 18.9. The van der Waals surface area contributed by atoms with Crippen LogP contribution in [0, 0.1) is 0 Å². The highest BCUT2D eigenvalue weighted by Gasteiger charge is 2.47. The molecule has 1 atom stereocenters. The first kappa shape index (κ1) is 23.1. The maximum Gasteiger partial charge on any atom is 0.295 e. The summed E-state index contributed by atoms with van der Waals surface area (Å²) in [5.41, 5.74) is 6.28. The van der Waals surface area contributed by atoms with E-state index in [9.17, 15) is 23.1 Å². The topological polar surface area (TPSA) is 127 Å². The Morgan fingerprint density at radius 3 is 2.18 bits per heavy atom. The molecule has 0 aliphatic carbocycles. The lowest BCUT2D eigenvalue weighted by molar-refractivity contribution is -0.117. The largest absolute Gasteiger partial charge is 0.502 e. The third-order valence-corrected chi connectivity index (χ3v) is 7.33. The minimum atomic E-state index is -4.24. The summed E-state index contributed by atoms with van der Waals surface area (Å²) in [4.78, 5) is 25.4. The Labute approximate surface area is 196 Å². The van der Waals surface area contributed by atoms with Gasteiger partial charge in [0.1, 0.15) is 16.7 Å². The fraction of sp³-hybridized carbons (Fsp3) is 0.120. The van der Waals surface area contributed by atoms with Crippen LogP contribution in [0.25, 0.3) is 0 Å². The highest BCUT2D eigenvalue weighted by atomic mass is 32.2. The van der Waals surface area contributed by atoms with Gasteiger partial charge in [-0.2, -0.15) is 0 Å². The Bertz CT molecular complexity index is 1370. The molecule has 0 aromatic heterocycles. The molecule has 0 spiro atoms. The Balaban J connectivity index is 1.89. The molecule has 0 saturated carbocycles. The van der Waals surface area contributed by atoms with E-state index in [2.05, 4.69) is 0 Å². The van der Waals surface area contributed by atoms with Gasteiger partial charge in [-0.15, -0.1) is 0 Å². The molecule has 8 nitrogen and oxygen atoms in total. The number of sulfone groups is 1. The molecule has 0 bridgehead atoms. The quantitative estimate of drug-likeness (QED) is 0.535. The number of hydrogen-bond donors (Lipinski definition) is 2. The summed E-state index contributed by atoms with van der Waals surface area (Å²) in [6.45, 7) is 2.29. The van der Waals surface area contributed by atoms with E-state index in [0.717, 1.165) is 0 Å². The van der Waals surface area contributed by atoms with Crippen molar-refractivity contribution in [1.82, 2.24) is 0 Å². The monoisotopic (exact) mass is 478 g/mol. The Morgan fingerprint density at radius 2 is 1.62 bits per heavy atom. The molecule has 0 radical (unpaired) electrons. The molecule has 1 aliphatic rings. The number of ether oxygens (including phenoxy) is 1. The van der Waals surface area contributed by atoms with Gasteiger partial charge in [-0.25, -0.2) is 8.42 Å². The third-order valence-electron chi connectivity index (χ3n) is 5.44. The van der Waals surface area contributed by atoms with E-state index in [0.29, 0.717) is 23.6 Å². The zero-order valence-electron chi connectivity index (χ0n) is 18.2. The number of hydrogen-bond acceptors (Lipinski definition) is 6. The van der Waals surface area contributed by atoms with Gasteiger partial charge < -0.3 is 15.6 Å². The number of nitrogens with zero attached hydrogens (tertiary/aromatic N) is 1. The summed E-state index contributed by atoms with van der Waals surface area (Å²) in [6.07, 6.45) is 0. The van der Waals surface area contributed by atoms with E-state index in [1.54, 1.807) is 42.5 Å². The molecular formula is C25H22N2O6S. The predicted molar refractivity (Wildman–Crippen MR) is 126 cm³/mol.